The Hall–Kier alpha value is -1.96. The van der Waals surface area contributed by atoms with E-state index in [1.54, 1.807) is 4.90 Å². The minimum absolute atomic E-state index is 0.0218. The van der Waals surface area contributed by atoms with Gasteiger partial charge in [0.05, 0.1) is 0 Å². The molecule has 1 aromatic carbocycles. The van der Waals surface area contributed by atoms with Crippen molar-refractivity contribution in [2.24, 2.45) is 11.8 Å². The van der Waals surface area contributed by atoms with Gasteiger partial charge in [-0.1, -0.05) is 12.1 Å². The molecule has 5 nitrogen and oxygen atoms in total. The van der Waals surface area contributed by atoms with Gasteiger partial charge in [0.15, 0.2) is 0 Å². The summed E-state index contributed by atoms with van der Waals surface area (Å²) in [7, 11) is 0. The van der Waals surface area contributed by atoms with Gasteiger partial charge in [-0.3, -0.25) is 0 Å². The Labute approximate surface area is 137 Å². The minimum Gasteiger partial charge on any atom is -0.445 e. The highest BCUT2D eigenvalue weighted by molar-refractivity contribution is 5.67. The van der Waals surface area contributed by atoms with E-state index in [0.717, 1.165) is 19.5 Å². The van der Waals surface area contributed by atoms with Gasteiger partial charge in [-0.25, -0.2) is 4.79 Å². The Balaban J connectivity index is 1.47. The number of ether oxygens (including phenoxy) is 2. The lowest BCUT2D eigenvalue weighted by molar-refractivity contribution is -0.274. The van der Waals surface area contributed by atoms with Crippen molar-refractivity contribution in [1.82, 2.24) is 10.2 Å². The maximum Gasteiger partial charge on any atom is 0.573 e. The van der Waals surface area contributed by atoms with E-state index in [1.165, 1.54) is 24.3 Å². The van der Waals surface area contributed by atoms with E-state index in [-0.39, 0.29) is 18.4 Å². The molecule has 1 amide bonds. The second-order valence-corrected chi connectivity index (χ2v) is 6.16. The number of piperidine rings is 1. The number of likely N-dealkylation sites (tertiary alicyclic amines) is 1. The Bertz CT molecular complexity index is 577. The van der Waals surface area contributed by atoms with Crippen molar-refractivity contribution in [3.05, 3.63) is 29.8 Å². The summed E-state index contributed by atoms with van der Waals surface area (Å²) in [5, 5.41) is 3.33. The Morgan fingerprint density at radius 1 is 1.21 bits per heavy atom. The summed E-state index contributed by atoms with van der Waals surface area (Å²) in [5.74, 6) is 0.814. The summed E-state index contributed by atoms with van der Waals surface area (Å²) in [6.07, 6.45) is -4.12. The molecule has 2 saturated heterocycles. The number of nitrogens with one attached hydrogen (secondary N) is 1. The number of alkyl halides is 3. The number of amides is 1. The first kappa shape index (κ1) is 16.9. The van der Waals surface area contributed by atoms with Gasteiger partial charge in [-0.15, -0.1) is 13.2 Å². The van der Waals surface area contributed by atoms with Crippen molar-refractivity contribution in [3.63, 3.8) is 0 Å². The normalized spacial score (nSPS) is 23.7. The fourth-order valence-corrected chi connectivity index (χ4v) is 3.22. The predicted octanol–water partition coefficient (Wildman–Crippen LogP) is 2.76. The molecule has 2 aliphatic heterocycles. The first-order valence-corrected chi connectivity index (χ1v) is 7.88. The number of benzene rings is 1. The zero-order valence-corrected chi connectivity index (χ0v) is 13.0. The summed E-state index contributed by atoms with van der Waals surface area (Å²) in [6, 6.07) is 5.29. The molecule has 24 heavy (non-hydrogen) atoms. The molecule has 2 atom stereocenters. The molecule has 8 heteroatoms. The number of hydrogen-bond acceptors (Lipinski definition) is 4. The number of carbonyl (C=O) groups is 1. The van der Waals surface area contributed by atoms with Gasteiger partial charge >= 0.3 is 12.5 Å². The summed E-state index contributed by atoms with van der Waals surface area (Å²) in [6.45, 7) is 3.33. The molecule has 1 aromatic rings. The molecule has 2 fully saturated rings. The van der Waals surface area contributed by atoms with Crippen LogP contribution in [-0.4, -0.2) is 43.5 Å². The van der Waals surface area contributed by atoms with Gasteiger partial charge < -0.3 is 19.7 Å². The van der Waals surface area contributed by atoms with Crippen molar-refractivity contribution in [1.29, 1.82) is 0 Å². The van der Waals surface area contributed by atoms with Crippen LogP contribution in [0.5, 0.6) is 5.75 Å². The summed E-state index contributed by atoms with van der Waals surface area (Å²) in [4.78, 5) is 13.8. The lowest BCUT2D eigenvalue weighted by atomic mass is 9.89. The van der Waals surface area contributed by atoms with Crippen molar-refractivity contribution >= 4 is 6.09 Å². The van der Waals surface area contributed by atoms with Crippen LogP contribution >= 0.6 is 0 Å². The Kier molecular flexibility index (Phi) is 4.84. The molecular formula is C16H19F3N2O3. The maximum atomic E-state index is 12.1. The molecule has 0 saturated carbocycles. The highest BCUT2D eigenvalue weighted by Gasteiger charge is 2.35. The quantitative estimate of drug-likeness (QED) is 0.916. The van der Waals surface area contributed by atoms with E-state index in [0.29, 0.717) is 30.5 Å². The van der Waals surface area contributed by atoms with Crippen LogP contribution in [0.25, 0.3) is 0 Å². The fraction of sp³-hybridized carbons (Fsp3) is 0.562. The monoisotopic (exact) mass is 344 g/mol. The molecule has 0 spiro atoms. The van der Waals surface area contributed by atoms with Crippen LogP contribution < -0.4 is 10.1 Å². The predicted molar refractivity (Wildman–Crippen MR) is 79.3 cm³/mol. The van der Waals surface area contributed by atoms with Crippen LogP contribution in [0.3, 0.4) is 0 Å². The van der Waals surface area contributed by atoms with Crippen LogP contribution in [0, 0.1) is 11.8 Å². The summed E-state index contributed by atoms with van der Waals surface area (Å²) in [5.41, 5.74) is 0.607. The number of fused-ring (bicyclic) bond motifs is 1. The van der Waals surface area contributed by atoms with E-state index < -0.39 is 6.36 Å². The third kappa shape index (κ3) is 4.31. The minimum atomic E-state index is -4.71. The second kappa shape index (κ2) is 6.88. The van der Waals surface area contributed by atoms with Crippen molar-refractivity contribution in [2.75, 3.05) is 26.2 Å². The highest BCUT2D eigenvalue weighted by atomic mass is 19.4. The van der Waals surface area contributed by atoms with Gasteiger partial charge in [0.2, 0.25) is 0 Å². The van der Waals surface area contributed by atoms with Gasteiger partial charge in [-0.05, 0) is 49.0 Å². The molecule has 0 radical (unpaired) electrons. The van der Waals surface area contributed by atoms with E-state index >= 15 is 0 Å². The summed E-state index contributed by atoms with van der Waals surface area (Å²) < 4.78 is 45.3. The number of halogens is 3. The maximum absolute atomic E-state index is 12.1. The summed E-state index contributed by atoms with van der Waals surface area (Å²) >= 11 is 0. The van der Waals surface area contributed by atoms with Gasteiger partial charge in [-0.2, -0.15) is 0 Å². The Morgan fingerprint density at radius 2 is 1.92 bits per heavy atom. The average molecular weight is 344 g/mol. The number of nitrogens with zero attached hydrogens (tertiary/aromatic N) is 1. The van der Waals surface area contributed by atoms with Gasteiger partial charge in [0.1, 0.15) is 12.4 Å². The van der Waals surface area contributed by atoms with Crippen molar-refractivity contribution in [2.45, 2.75) is 19.4 Å². The molecule has 0 aromatic heterocycles. The largest absolute Gasteiger partial charge is 0.573 e. The third-order valence-corrected chi connectivity index (χ3v) is 4.48. The van der Waals surface area contributed by atoms with Crippen molar-refractivity contribution in [3.8, 4) is 5.75 Å². The first-order valence-electron chi connectivity index (χ1n) is 7.88. The molecule has 1 N–H and O–H groups in total. The number of carbonyl (C=O) groups excluding carboxylic acids is 1. The molecule has 0 aliphatic carbocycles. The SMILES string of the molecule is O=C(OCc1ccc(OC(F)(F)F)cc1)N1CCC2CNCC2C1. The molecule has 2 heterocycles. The van der Waals surface area contributed by atoms with E-state index in [9.17, 15) is 18.0 Å². The average Bonchev–Trinajstić information content (AvgIpc) is 3.00. The molecule has 2 aliphatic rings. The molecule has 132 valence electrons. The lowest BCUT2D eigenvalue weighted by Crippen LogP contribution is -2.43. The first-order chi connectivity index (χ1) is 11.4. The topological polar surface area (TPSA) is 50.8 Å². The van der Waals surface area contributed by atoms with Crippen LogP contribution in [0.15, 0.2) is 24.3 Å². The fourth-order valence-electron chi connectivity index (χ4n) is 3.22. The molecule has 2 unspecified atom stereocenters. The second-order valence-electron chi connectivity index (χ2n) is 6.16. The van der Waals surface area contributed by atoms with Crippen LogP contribution in [-0.2, 0) is 11.3 Å². The van der Waals surface area contributed by atoms with Crippen LogP contribution in [0.2, 0.25) is 0 Å². The Morgan fingerprint density at radius 3 is 2.62 bits per heavy atom. The smallest absolute Gasteiger partial charge is 0.445 e. The number of rotatable bonds is 3. The molecule has 0 bridgehead atoms. The van der Waals surface area contributed by atoms with Gasteiger partial charge in [0.25, 0.3) is 0 Å². The van der Waals surface area contributed by atoms with E-state index in [4.69, 9.17) is 4.74 Å². The molecular weight excluding hydrogens is 325 g/mol. The molecule has 3 rings (SSSR count). The van der Waals surface area contributed by atoms with Crippen LogP contribution in [0.4, 0.5) is 18.0 Å². The third-order valence-electron chi connectivity index (χ3n) is 4.48. The zero-order valence-electron chi connectivity index (χ0n) is 13.0. The van der Waals surface area contributed by atoms with E-state index in [2.05, 4.69) is 10.1 Å². The lowest BCUT2D eigenvalue weighted by Gasteiger charge is -2.33. The van der Waals surface area contributed by atoms with E-state index in [1.807, 2.05) is 0 Å². The zero-order chi connectivity index (χ0) is 17.2. The number of hydrogen-bond donors (Lipinski definition) is 1. The highest BCUT2D eigenvalue weighted by Crippen LogP contribution is 2.27. The standard InChI is InChI=1S/C16H19F3N2O3/c17-16(18,19)24-14-3-1-11(2-4-14)10-23-15(22)21-6-5-12-7-20-8-13(12)9-21/h1-4,12-13,20H,5-10H2. The van der Waals surface area contributed by atoms with Gasteiger partial charge in [0, 0.05) is 13.1 Å². The van der Waals surface area contributed by atoms with Crippen molar-refractivity contribution < 1.29 is 27.4 Å². The van der Waals surface area contributed by atoms with Crippen LogP contribution in [0.1, 0.15) is 12.0 Å².